The molecule has 1 heterocycles. The zero-order valence-electron chi connectivity index (χ0n) is 11.8. The van der Waals surface area contributed by atoms with Crippen molar-refractivity contribution in [2.24, 2.45) is 10.9 Å². The molecule has 1 aromatic heterocycles. The molecule has 0 atom stereocenters. The van der Waals surface area contributed by atoms with E-state index in [4.69, 9.17) is 15.7 Å². The summed E-state index contributed by atoms with van der Waals surface area (Å²) in [6, 6.07) is 3.54. The Hall–Kier alpha value is -1.82. The Bertz CT molecular complexity index is 431. The minimum Gasteiger partial charge on any atom is -0.476 e. The number of hydrogen-bond donors (Lipinski definition) is 2. The van der Waals surface area contributed by atoms with Gasteiger partial charge in [-0.3, -0.25) is 0 Å². The fourth-order valence-electron chi connectivity index (χ4n) is 1.70. The van der Waals surface area contributed by atoms with Crippen molar-refractivity contribution in [2.45, 2.75) is 20.8 Å². The number of aromatic nitrogens is 1. The summed E-state index contributed by atoms with van der Waals surface area (Å²) in [5.74, 6) is 0.410. The quantitative estimate of drug-likeness (QED) is 0.335. The SMILES string of the molecule is CCN(CC)CCOc1nc(C)ccc1C(N)=NO. The third-order valence-electron chi connectivity index (χ3n) is 2.92. The standard InChI is InChI=1S/C13H22N4O2/c1-4-17(5-2)8-9-19-13-11(12(14)16-18)7-6-10(3)15-13/h6-7,18H,4-5,8-9H2,1-3H3,(H2,14,16). The van der Waals surface area contributed by atoms with Gasteiger partial charge in [-0.1, -0.05) is 19.0 Å². The molecule has 0 aliphatic carbocycles. The summed E-state index contributed by atoms with van der Waals surface area (Å²) in [5.41, 5.74) is 6.93. The Balaban J connectivity index is 2.74. The van der Waals surface area contributed by atoms with Gasteiger partial charge >= 0.3 is 0 Å². The van der Waals surface area contributed by atoms with Crippen molar-refractivity contribution in [2.75, 3.05) is 26.2 Å². The van der Waals surface area contributed by atoms with Crippen molar-refractivity contribution >= 4 is 5.84 Å². The second-order valence-electron chi connectivity index (χ2n) is 4.17. The molecule has 0 radical (unpaired) electrons. The van der Waals surface area contributed by atoms with E-state index in [1.54, 1.807) is 12.1 Å². The minimum absolute atomic E-state index is 0.00494. The Labute approximate surface area is 113 Å². The van der Waals surface area contributed by atoms with Crippen molar-refractivity contribution in [3.63, 3.8) is 0 Å². The highest BCUT2D eigenvalue weighted by atomic mass is 16.5. The lowest BCUT2D eigenvalue weighted by molar-refractivity contribution is 0.217. The fourth-order valence-corrected chi connectivity index (χ4v) is 1.70. The van der Waals surface area contributed by atoms with E-state index in [0.717, 1.165) is 25.3 Å². The normalized spacial score (nSPS) is 11.9. The van der Waals surface area contributed by atoms with Crippen LogP contribution in [0.1, 0.15) is 25.1 Å². The summed E-state index contributed by atoms with van der Waals surface area (Å²) in [7, 11) is 0. The molecule has 0 saturated heterocycles. The van der Waals surface area contributed by atoms with Crippen LogP contribution in [0.25, 0.3) is 0 Å². The van der Waals surface area contributed by atoms with Gasteiger partial charge in [0.15, 0.2) is 5.84 Å². The van der Waals surface area contributed by atoms with Gasteiger partial charge in [0.1, 0.15) is 6.61 Å². The van der Waals surface area contributed by atoms with E-state index in [1.165, 1.54) is 0 Å². The lowest BCUT2D eigenvalue weighted by Gasteiger charge is -2.18. The van der Waals surface area contributed by atoms with Gasteiger partial charge in [0, 0.05) is 12.2 Å². The Kier molecular flexibility index (Phi) is 6.08. The molecule has 0 fully saturated rings. The van der Waals surface area contributed by atoms with Crippen molar-refractivity contribution in [3.05, 3.63) is 23.4 Å². The number of nitrogens with zero attached hydrogens (tertiary/aromatic N) is 3. The lowest BCUT2D eigenvalue weighted by Crippen LogP contribution is -2.28. The van der Waals surface area contributed by atoms with Crippen LogP contribution < -0.4 is 10.5 Å². The molecule has 0 spiro atoms. The molecule has 0 saturated carbocycles. The number of aryl methyl sites for hydroxylation is 1. The predicted octanol–water partition coefficient (Wildman–Crippen LogP) is 1.21. The van der Waals surface area contributed by atoms with Gasteiger partial charge in [-0.25, -0.2) is 4.98 Å². The number of amidine groups is 1. The molecule has 3 N–H and O–H groups in total. The molecule has 0 aliphatic rings. The molecule has 0 bridgehead atoms. The Morgan fingerprint density at radius 2 is 2.11 bits per heavy atom. The largest absolute Gasteiger partial charge is 0.476 e. The van der Waals surface area contributed by atoms with Gasteiger partial charge in [-0.15, -0.1) is 0 Å². The average Bonchev–Trinajstić information content (AvgIpc) is 2.43. The van der Waals surface area contributed by atoms with Crippen LogP contribution in [0.4, 0.5) is 0 Å². The summed E-state index contributed by atoms with van der Waals surface area (Å²) in [6.45, 7) is 9.38. The van der Waals surface area contributed by atoms with Gasteiger partial charge in [-0.05, 0) is 32.1 Å². The molecule has 6 nitrogen and oxygen atoms in total. The maximum absolute atomic E-state index is 8.74. The third kappa shape index (κ3) is 4.40. The predicted molar refractivity (Wildman–Crippen MR) is 74.8 cm³/mol. The zero-order valence-corrected chi connectivity index (χ0v) is 11.8. The molecule has 6 heteroatoms. The highest BCUT2D eigenvalue weighted by Gasteiger charge is 2.11. The lowest BCUT2D eigenvalue weighted by atomic mass is 10.2. The first kappa shape index (κ1) is 15.2. The van der Waals surface area contributed by atoms with Crippen molar-refractivity contribution in [3.8, 4) is 5.88 Å². The van der Waals surface area contributed by atoms with E-state index in [1.807, 2.05) is 6.92 Å². The summed E-state index contributed by atoms with van der Waals surface area (Å²) < 4.78 is 5.65. The first-order valence-electron chi connectivity index (χ1n) is 6.43. The maximum Gasteiger partial charge on any atom is 0.224 e. The smallest absolute Gasteiger partial charge is 0.224 e. The Morgan fingerprint density at radius 3 is 2.68 bits per heavy atom. The van der Waals surface area contributed by atoms with Crippen LogP contribution in [0.15, 0.2) is 17.3 Å². The molecule has 0 amide bonds. The van der Waals surface area contributed by atoms with Crippen LogP contribution in [0.3, 0.4) is 0 Å². The van der Waals surface area contributed by atoms with Gasteiger partial charge < -0.3 is 20.6 Å². The number of rotatable bonds is 7. The van der Waals surface area contributed by atoms with E-state index in [0.29, 0.717) is 18.1 Å². The molecule has 1 aromatic rings. The summed E-state index contributed by atoms with van der Waals surface area (Å²) in [6.07, 6.45) is 0. The highest BCUT2D eigenvalue weighted by Crippen LogP contribution is 2.15. The van der Waals surface area contributed by atoms with E-state index in [-0.39, 0.29) is 5.84 Å². The Morgan fingerprint density at radius 1 is 1.42 bits per heavy atom. The molecule has 0 aliphatic heterocycles. The number of pyridine rings is 1. The van der Waals surface area contributed by atoms with Crippen molar-refractivity contribution in [1.29, 1.82) is 0 Å². The van der Waals surface area contributed by atoms with E-state index >= 15 is 0 Å². The van der Waals surface area contributed by atoms with Crippen LogP contribution in [0.5, 0.6) is 5.88 Å². The first-order chi connectivity index (χ1) is 9.12. The van der Waals surface area contributed by atoms with Crippen LogP contribution in [-0.4, -0.2) is 47.2 Å². The minimum atomic E-state index is 0.00494. The van der Waals surface area contributed by atoms with E-state index in [2.05, 4.69) is 28.9 Å². The van der Waals surface area contributed by atoms with E-state index < -0.39 is 0 Å². The van der Waals surface area contributed by atoms with Crippen molar-refractivity contribution < 1.29 is 9.94 Å². The molecular formula is C13H22N4O2. The maximum atomic E-state index is 8.74. The van der Waals surface area contributed by atoms with Gasteiger partial charge in [-0.2, -0.15) is 0 Å². The van der Waals surface area contributed by atoms with Gasteiger partial charge in [0.25, 0.3) is 0 Å². The number of oxime groups is 1. The monoisotopic (exact) mass is 266 g/mol. The highest BCUT2D eigenvalue weighted by molar-refractivity contribution is 5.99. The molecule has 106 valence electrons. The zero-order chi connectivity index (χ0) is 14.3. The van der Waals surface area contributed by atoms with Crippen molar-refractivity contribution in [1.82, 2.24) is 9.88 Å². The molecule has 19 heavy (non-hydrogen) atoms. The van der Waals surface area contributed by atoms with Gasteiger partial charge in [0.05, 0.1) is 5.56 Å². The number of nitrogens with two attached hydrogens (primary N) is 1. The molecule has 0 unspecified atom stereocenters. The second-order valence-corrected chi connectivity index (χ2v) is 4.17. The summed E-state index contributed by atoms with van der Waals surface area (Å²) >= 11 is 0. The molecule has 0 aromatic carbocycles. The second kappa shape index (κ2) is 7.58. The van der Waals surface area contributed by atoms with Crippen LogP contribution in [0.2, 0.25) is 0 Å². The number of ether oxygens (including phenoxy) is 1. The fraction of sp³-hybridized carbons (Fsp3) is 0.538. The van der Waals surface area contributed by atoms with Gasteiger partial charge in [0.2, 0.25) is 5.88 Å². The topological polar surface area (TPSA) is 84.0 Å². The van der Waals surface area contributed by atoms with Crippen LogP contribution in [-0.2, 0) is 0 Å². The molecular weight excluding hydrogens is 244 g/mol. The third-order valence-corrected chi connectivity index (χ3v) is 2.92. The first-order valence-corrected chi connectivity index (χ1v) is 6.43. The number of hydrogen-bond acceptors (Lipinski definition) is 5. The molecule has 1 rings (SSSR count). The average molecular weight is 266 g/mol. The summed E-state index contributed by atoms with van der Waals surface area (Å²) in [5, 5.41) is 11.7. The van der Waals surface area contributed by atoms with Crippen LogP contribution in [0, 0.1) is 6.92 Å². The summed E-state index contributed by atoms with van der Waals surface area (Å²) in [4.78, 5) is 6.53. The van der Waals surface area contributed by atoms with Crippen LogP contribution >= 0.6 is 0 Å². The van der Waals surface area contributed by atoms with E-state index in [9.17, 15) is 0 Å². The number of likely N-dealkylation sites (N-methyl/N-ethyl adjacent to an activating group) is 1.